The molecule has 4 N–H and O–H groups in total. The number of carbonyl (C=O) groups is 2. The molecule has 2 amide bonds. The molecule has 0 saturated carbocycles. The fourth-order valence-corrected chi connectivity index (χ4v) is 1.19. The highest BCUT2D eigenvalue weighted by Gasteiger charge is 2.18. The van der Waals surface area contributed by atoms with Crippen molar-refractivity contribution >= 4 is 11.8 Å². The van der Waals surface area contributed by atoms with E-state index in [2.05, 4.69) is 10.6 Å². The second kappa shape index (κ2) is 8.10. The molecule has 0 bridgehead atoms. The quantitative estimate of drug-likeness (QED) is 0.537. The van der Waals surface area contributed by atoms with Gasteiger partial charge in [0.1, 0.15) is 0 Å². The van der Waals surface area contributed by atoms with Crippen LogP contribution >= 0.6 is 0 Å². The molecular weight excluding hydrogens is 206 g/mol. The van der Waals surface area contributed by atoms with Crippen LogP contribution in [-0.2, 0) is 9.59 Å². The molecule has 0 saturated heterocycles. The molecular formula is C11H23N3O2. The Bertz CT molecular complexity index is 231. The van der Waals surface area contributed by atoms with Gasteiger partial charge in [-0.15, -0.1) is 0 Å². The molecule has 94 valence electrons. The molecule has 0 fully saturated rings. The number of amides is 2. The lowest BCUT2D eigenvalue weighted by Gasteiger charge is -2.17. The Labute approximate surface area is 97.2 Å². The summed E-state index contributed by atoms with van der Waals surface area (Å²) >= 11 is 0. The third-order valence-electron chi connectivity index (χ3n) is 2.59. The summed E-state index contributed by atoms with van der Waals surface area (Å²) < 4.78 is 0. The monoisotopic (exact) mass is 229 g/mol. The van der Waals surface area contributed by atoms with Gasteiger partial charge in [-0.1, -0.05) is 20.3 Å². The van der Waals surface area contributed by atoms with Gasteiger partial charge in [-0.25, -0.2) is 0 Å². The van der Waals surface area contributed by atoms with Gasteiger partial charge in [0, 0.05) is 20.0 Å². The number of carbonyl (C=O) groups excluding carboxylic acids is 2. The van der Waals surface area contributed by atoms with Gasteiger partial charge < -0.3 is 16.4 Å². The predicted octanol–water partition coefficient (Wildman–Crippen LogP) is 0.00220. The fourth-order valence-electron chi connectivity index (χ4n) is 1.19. The molecule has 16 heavy (non-hydrogen) atoms. The standard InChI is InChI=1S/C11H23N3O2/c1-4-8(2)10(12)11(16)14-7-5-6-13-9(3)15/h8,10H,4-7,12H2,1-3H3,(H,13,15)(H,14,16). The molecule has 5 heteroatoms. The van der Waals surface area contributed by atoms with Crippen molar-refractivity contribution < 1.29 is 9.59 Å². The number of nitrogens with two attached hydrogens (primary N) is 1. The average molecular weight is 229 g/mol. The summed E-state index contributed by atoms with van der Waals surface area (Å²) in [7, 11) is 0. The Balaban J connectivity index is 3.61. The predicted molar refractivity (Wildman–Crippen MR) is 63.7 cm³/mol. The van der Waals surface area contributed by atoms with E-state index in [1.807, 2.05) is 13.8 Å². The maximum absolute atomic E-state index is 11.5. The van der Waals surface area contributed by atoms with E-state index < -0.39 is 6.04 Å². The first-order valence-corrected chi connectivity index (χ1v) is 5.76. The topological polar surface area (TPSA) is 84.2 Å². The van der Waals surface area contributed by atoms with Gasteiger partial charge in [-0.3, -0.25) is 9.59 Å². The zero-order chi connectivity index (χ0) is 12.6. The number of hydrogen-bond acceptors (Lipinski definition) is 3. The molecule has 0 aliphatic rings. The normalized spacial score (nSPS) is 14.0. The second-order valence-corrected chi connectivity index (χ2v) is 4.04. The summed E-state index contributed by atoms with van der Waals surface area (Å²) in [6.45, 7) is 6.56. The lowest BCUT2D eigenvalue weighted by Crippen LogP contribution is -2.45. The maximum atomic E-state index is 11.5. The third-order valence-corrected chi connectivity index (χ3v) is 2.59. The lowest BCUT2D eigenvalue weighted by molar-refractivity contribution is -0.123. The lowest BCUT2D eigenvalue weighted by atomic mass is 9.99. The van der Waals surface area contributed by atoms with Crippen molar-refractivity contribution in [2.75, 3.05) is 13.1 Å². The molecule has 0 aromatic heterocycles. The summed E-state index contributed by atoms with van der Waals surface area (Å²) in [5, 5.41) is 5.42. The van der Waals surface area contributed by atoms with Crippen LogP contribution in [0, 0.1) is 5.92 Å². The van der Waals surface area contributed by atoms with Gasteiger partial charge in [0.2, 0.25) is 11.8 Å². The first-order chi connectivity index (χ1) is 7.49. The van der Waals surface area contributed by atoms with Gasteiger partial charge in [-0.05, 0) is 12.3 Å². The van der Waals surface area contributed by atoms with Crippen LogP contribution in [0.1, 0.15) is 33.6 Å². The van der Waals surface area contributed by atoms with Crippen LogP contribution < -0.4 is 16.4 Å². The van der Waals surface area contributed by atoms with E-state index in [1.54, 1.807) is 0 Å². The summed E-state index contributed by atoms with van der Waals surface area (Å²) in [4.78, 5) is 22.1. The summed E-state index contributed by atoms with van der Waals surface area (Å²) in [5.41, 5.74) is 5.75. The van der Waals surface area contributed by atoms with E-state index in [0.29, 0.717) is 13.1 Å². The molecule has 0 aromatic carbocycles. The van der Waals surface area contributed by atoms with E-state index in [4.69, 9.17) is 5.73 Å². The van der Waals surface area contributed by atoms with Crippen LogP contribution in [0.2, 0.25) is 0 Å². The Hall–Kier alpha value is -1.10. The maximum Gasteiger partial charge on any atom is 0.237 e. The first-order valence-electron chi connectivity index (χ1n) is 5.76. The smallest absolute Gasteiger partial charge is 0.237 e. The van der Waals surface area contributed by atoms with Crippen LogP contribution in [0.25, 0.3) is 0 Å². The van der Waals surface area contributed by atoms with Crippen molar-refractivity contribution in [2.45, 2.75) is 39.7 Å². The Morgan fingerprint density at radius 2 is 1.81 bits per heavy atom. The van der Waals surface area contributed by atoms with E-state index in [-0.39, 0.29) is 17.7 Å². The molecule has 2 atom stereocenters. The Kier molecular flexibility index (Phi) is 7.54. The molecule has 0 heterocycles. The van der Waals surface area contributed by atoms with Gasteiger partial charge in [0.25, 0.3) is 0 Å². The average Bonchev–Trinajstić information content (AvgIpc) is 2.25. The second-order valence-electron chi connectivity index (χ2n) is 4.04. The molecule has 0 aromatic rings. The minimum Gasteiger partial charge on any atom is -0.356 e. The minimum atomic E-state index is -0.439. The third kappa shape index (κ3) is 6.40. The van der Waals surface area contributed by atoms with Crippen LogP contribution in [0.15, 0.2) is 0 Å². The Morgan fingerprint density at radius 1 is 1.25 bits per heavy atom. The van der Waals surface area contributed by atoms with Crippen molar-refractivity contribution in [3.63, 3.8) is 0 Å². The first kappa shape index (κ1) is 14.9. The Morgan fingerprint density at radius 3 is 2.31 bits per heavy atom. The van der Waals surface area contributed by atoms with E-state index in [1.165, 1.54) is 6.92 Å². The van der Waals surface area contributed by atoms with Gasteiger partial charge in [0.15, 0.2) is 0 Å². The van der Waals surface area contributed by atoms with Crippen LogP contribution in [0.4, 0.5) is 0 Å². The zero-order valence-corrected chi connectivity index (χ0v) is 10.4. The highest BCUT2D eigenvalue weighted by Crippen LogP contribution is 2.04. The summed E-state index contributed by atoms with van der Waals surface area (Å²) in [6.07, 6.45) is 1.61. The number of nitrogens with one attached hydrogen (secondary N) is 2. The van der Waals surface area contributed by atoms with E-state index in [9.17, 15) is 9.59 Å². The zero-order valence-electron chi connectivity index (χ0n) is 10.4. The molecule has 0 aliphatic carbocycles. The van der Waals surface area contributed by atoms with Crippen molar-refractivity contribution in [1.29, 1.82) is 0 Å². The molecule has 5 nitrogen and oxygen atoms in total. The summed E-state index contributed by atoms with van der Waals surface area (Å²) in [5.74, 6) is 0.0233. The molecule has 0 aliphatic heterocycles. The molecule has 0 rings (SSSR count). The van der Waals surface area contributed by atoms with Gasteiger partial charge in [0.05, 0.1) is 6.04 Å². The SMILES string of the molecule is CCC(C)C(N)C(=O)NCCCNC(C)=O. The highest BCUT2D eigenvalue weighted by molar-refractivity contribution is 5.81. The molecule has 2 unspecified atom stereocenters. The summed E-state index contributed by atoms with van der Waals surface area (Å²) in [6, 6.07) is -0.439. The highest BCUT2D eigenvalue weighted by atomic mass is 16.2. The largest absolute Gasteiger partial charge is 0.356 e. The van der Waals surface area contributed by atoms with Crippen LogP contribution in [0.3, 0.4) is 0 Å². The molecule has 0 radical (unpaired) electrons. The van der Waals surface area contributed by atoms with Crippen LogP contribution in [0.5, 0.6) is 0 Å². The van der Waals surface area contributed by atoms with Gasteiger partial charge in [-0.2, -0.15) is 0 Å². The fraction of sp³-hybridized carbons (Fsp3) is 0.818. The van der Waals surface area contributed by atoms with Gasteiger partial charge >= 0.3 is 0 Å². The molecule has 0 spiro atoms. The van der Waals surface area contributed by atoms with Crippen molar-refractivity contribution in [2.24, 2.45) is 11.7 Å². The van der Waals surface area contributed by atoms with Crippen molar-refractivity contribution in [1.82, 2.24) is 10.6 Å². The van der Waals surface area contributed by atoms with Crippen molar-refractivity contribution in [3.8, 4) is 0 Å². The van der Waals surface area contributed by atoms with Crippen LogP contribution in [-0.4, -0.2) is 30.9 Å². The number of hydrogen-bond donors (Lipinski definition) is 3. The van der Waals surface area contributed by atoms with E-state index in [0.717, 1.165) is 12.8 Å². The minimum absolute atomic E-state index is 0.0531. The van der Waals surface area contributed by atoms with Crippen molar-refractivity contribution in [3.05, 3.63) is 0 Å². The number of rotatable bonds is 7. The van der Waals surface area contributed by atoms with E-state index >= 15 is 0 Å².